The zero-order chi connectivity index (χ0) is 14.0. The van der Waals surface area contributed by atoms with Crippen molar-refractivity contribution in [3.05, 3.63) is 24.3 Å². The molecule has 0 aliphatic rings. The van der Waals surface area contributed by atoms with Crippen LogP contribution in [0.1, 0.15) is 33.6 Å². The van der Waals surface area contributed by atoms with Crippen LogP contribution in [0.2, 0.25) is 0 Å². The third-order valence-electron chi connectivity index (χ3n) is 2.36. The van der Waals surface area contributed by atoms with E-state index in [1.165, 1.54) is 0 Å². The van der Waals surface area contributed by atoms with Crippen molar-refractivity contribution >= 4 is 11.9 Å². The van der Waals surface area contributed by atoms with Gasteiger partial charge >= 0.3 is 11.9 Å². The van der Waals surface area contributed by atoms with E-state index in [1.807, 2.05) is 13.0 Å². The van der Waals surface area contributed by atoms with Gasteiger partial charge in [-0.15, -0.1) is 6.58 Å². The van der Waals surface area contributed by atoms with Crippen molar-refractivity contribution in [3.8, 4) is 0 Å². The van der Waals surface area contributed by atoms with Gasteiger partial charge in [0.05, 0.1) is 13.2 Å². The molecule has 0 aromatic heterocycles. The number of esters is 2. The Bertz CT molecular complexity index is 298. The highest BCUT2D eigenvalue weighted by Gasteiger charge is 2.20. The molecule has 0 aromatic carbocycles. The topological polar surface area (TPSA) is 52.6 Å². The lowest BCUT2D eigenvalue weighted by molar-refractivity contribution is -0.146. The average Bonchev–Trinajstić information content (AvgIpc) is 2.34. The third-order valence-corrected chi connectivity index (χ3v) is 2.36. The standard InChI is InChI=1S/C14H22O4/c1-5-11(4)9-8-10-12(13(15)17-6-2)14(16)18-7-3/h5,10-11H,1,6-9H2,2-4H3/t11-/m0/s1. The van der Waals surface area contributed by atoms with Crippen LogP contribution in [0.4, 0.5) is 0 Å². The molecule has 0 aliphatic carbocycles. The fourth-order valence-corrected chi connectivity index (χ4v) is 1.28. The highest BCUT2D eigenvalue weighted by molar-refractivity contribution is 6.14. The van der Waals surface area contributed by atoms with Gasteiger partial charge in [-0.1, -0.05) is 19.1 Å². The summed E-state index contributed by atoms with van der Waals surface area (Å²) in [6.07, 6.45) is 4.85. The Morgan fingerprint density at radius 3 is 2.06 bits per heavy atom. The lowest BCUT2D eigenvalue weighted by atomic mass is 10.0. The maximum atomic E-state index is 11.6. The predicted molar refractivity (Wildman–Crippen MR) is 69.9 cm³/mol. The first-order chi connectivity index (χ1) is 8.56. The van der Waals surface area contributed by atoms with E-state index in [0.29, 0.717) is 12.3 Å². The summed E-state index contributed by atoms with van der Waals surface area (Å²) >= 11 is 0. The van der Waals surface area contributed by atoms with Gasteiger partial charge in [-0.25, -0.2) is 9.59 Å². The second-order valence-corrected chi connectivity index (χ2v) is 3.85. The molecule has 0 heterocycles. The van der Waals surface area contributed by atoms with E-state index in [2.05, 4.69) is 6.58 Å². The first kappa shape index (κ1) is 16.4. The Hall–Kier alpha value is -1.58. The third kappa shape index (κ3) is 6.23. The SMILES string of the molecule is C=C[C@H](C)CCC=C(C(=O)OCC)C(=O)OCC. The average molecular weight is 254 g/mol. The van der Waals surface area contributed by atoms with Crippen LogP contribution in [0.3, 0.4) is 0 Å². The summed E-state index contributed by atoms with van der Waals surface area (Å²) in [4.78, 5) is 23.2. The van der Waals surface area contributed by atoms with Crippen LogP contribution in [0.25, 0.3) is 0 Å². The van der Waals surface area contributed by atoms with Gasteiger partial charge in [-0.2, -0.15) is 0 Å². The first-order valence-electron chi connectivity index (χ1n) is 6.23. The van der Waals surface area contributed by atoms with Crippen LogP contribution in [0.5, 0.6) is 0 Å². The summed E-state index contributed by atoms with van der Waals surface area (Å²) in [5, 5.41) is 0. The Labute approximate surface area is 109 Å². The highest BCUT2D eigenvalue weighted by Crippen LogP contribution is 2.10. The van der Waals surface area contributed by atoms with Gasteiger partial charge in [-0.3, -0.25) is 0 Å². The number of rotatable bonds is 8. The van der Waals surface area contributed by atoms with Crippen molar-refractivity contribution in [2.24, 2.45) is 5.92 Å². The molecule has 18 heavy (non-hydrogen) atoms. The molecule has 0 amide bonds. The predicted octanol–water partition coefficient (Wildman–Crippen LogP) is 2.64. The quantitative estimate of drug-likeness (QED) is 0.220. The molecule has 0 spiro atoms. The van der Waals surface area contributed by atoms with Gasteiger partial charge in [-0.05, 0) is 32.6 Å². The minimum atomic E-state index is -0.623. The van der Waals surface area contributed by atoms with E-state index in [9.17, 15) is 9.59 Å². The van der Waals surface area contributed by atoms with Crippen molar-refractivity contribution in [3.63, 3.8) is 0 Å². The zero-order valence-corrected chi connectivity index (χ0v) is 11.4. The van der Waals surface area contributed by atoms with Crippen LogP contribution in [0.15, 0.2) is 24.3 Å². The first-order valence-corrected chi connectivity index (χ1v) is 6.23. The van der Waals surface area contributed by atoms with E-state index >= 15 is 0 Å². The molecule has 0 aliphatic heterocycles. The summed E-state index contributed by atoms with van der Waals surface area (Å²) in [5.74, 6) is -0.906. The molecule has 0 fully saturated rings. The van der Waals surface area contributed by atoms with Crippen molar-refractivity contribution in [2.45, 2.75) is 33.6 Å². The van der Waals surface area contributed by atoms with Crippen LogP contribution >= 0.6 is 0 Å². The number of hydrogen-bond donors (Lipinski definition) is 0. The van der Waals surface area contributed by atoms with E-state index in [4.69, 9.17) is 9.47 Å². The fraction of sp³-hybridized carbons (Fsp3) is 0.571. The van der Waals surface area contributed by atoms with E-state index in [-0.39, 0.29) is 18.8 Å². The lowest BCUT2D eigenvalue weighted by Crippen LogP contribution is -2.18. The minimum Gasteiger partial charge on any atom is -0.462 e. The van der Waals surface area contributed by atoms with Crippen molar-refractivity contribution < 1.29 is 19.1 Å². The molecule has 4 nitrogen and oxygen atoms in total. The van der Waals surface area contributed by atoms with Crippen LogP contribution < -0.4 is 0 Å². The second kappa shape index (κ2) is 9.45. The maximum absolute atomic E-state index is 11.6. The van der Waals surface area contributed by atoms with Crippen LogP contribution in [-0.2, 0) is 19.1 Å². The van der Waals surface area contributed by atoms with Crippen LogP contribution in [0, 0.1) is 5.92 Å². The Morgan fingerprint density at radius 1 is 1.17 bits per heavy atom. The fourth-order valence-electron chi connectivity index (χ4n) is 1.28. The molecule has 0 N–H and O–H groups in total. The zero-order valence-electron chi connectivity index (χ0n) is 11.4. The summed E-state index contributed by atoms with van der Waals surface area (Å²) in [7, 11) is 0. The summed E-state index contributed by atoms with van der Waals surface area (Å²) < 4.78 is 9.65. The van der Waals surface area contributed by atoms with Gasteiger partial charge < -0.3 is 9.47 Å². The van der Waals surface area contributed by atoms with Gasteiger partial charge in [0, 0.05) is 0 Å². The Kier molecular flexibility index (Phi) is 8.62. The number of hydrogen-bond acceptors (Lipinski definition) is 4. The van der Waals surface area contributed by atoms with Gasteiger partial charge in [0.25, 0.3) is 0 Å². The second-order valence-electron chi connectivity index (χ2n) is 3.85. The van der Waals surface area contributed by atoms with Crippen molar-refractivity contribution in [1.29, 1.82) is 0 Å². The highest BCUT2D eigenvalue weighted by atomic mass is 16.6. The molecule has 0 aromatic rings. The molecule has 0 saturated carbocycles. The molecule has 0 rings (SSSR count). The van der Waals surface area contributed by atoms with Crippen molar-refractivity contribution in [1.82, 2.24) is 0 Å². The van der Waals surface area contributed by atoms with Gasteiger partial charge in [0.1, 0.15) is 5.57 Å². The largest absolute Gasteiger partial charge is 0.462 e. The van der Waals surface area contributed by atoms with E-state index < -0.39 is 11.9 Å². The molecule has 0 radical (unpaired) electrons. The molecular weight excluding hydrogens is 232 g/mol. The smallest absolute Gasteiger partial charge is 0.345 e. The molecular formula is C14H22O4. The Balaban J connectivity index is 4.63. The molecule has 102 valence electrons. The number of allylic oxidation sites excluding steroid dienone is 2. The number of carbonyl (C=O) groups excluding carboxylic acids is 2. The number of carbonyl (C=O) groups is 2. The summed E-state index contributed by atoms with van der Waals surface area (Å²) in [5.41, 5.74) is -0.0186. The molecule has 0 saturated heterocycles. The van der Waals surface area contributed by atoms with E-state index in [0.717, 1.165) is 6.42 Å². The molecule has 0 unspecified atom stereocenters. The lowest BCUT2D eigenvalue weighted by Gasteiger charge is -2.07. The minimum absolute atomic E-state index is 0.0186. The van der Waals surface area contributed by atoms with Gasteiger partial charge in [0.15, 0.2) is 0 Å². The van der Waals surface area contributed by atoms with E-state index in [1.54, 1.807) is 19.9 Å². The van der Waals surface area contributed by atoms with Crippen LogP contribution in [-0.4, -0.2) is 25.2 Å². The maximum Gasteiger partial charge on any atom is 0.345 e. The molecule has 1 atom stereocenters. The summed E-state index contributed by atoms with van der Waals surface area (Å²) in [6, 6.07) is 0. The monoisotopic (exact) mass is 254 g/mol. The molecule has 0 bridgehead atoms. The normalized spacial score (nSPS) is 11.3. The molecule has 4 heteroatoms. The van der Waals surface area contributed by atoms with Crippen molar-refractivity contribution in [2.75, 3.05) is 13.2 Å². The Morgan fingerprint density at radius 2 is 1.67 bits per heavy atom. The van der Waals surface area contributed by atoms with Gasteiger partial charge in [0.2, 0.25) is 0 Å². The summed E-state index contributed by atoms with van der Waals surface area (Å²) in [6.45, 7) is 9.57. The number of ether oxygens (including phenoxy) is 2.